The molecule has 142 valence electrons. The number of carbonyl (C=O) groups is 2. The number of urea groups is 1. The van der Waals surface area contributed by atoms with Crippen molar-refractivity contribution < 1.29 is 14.3 Å². The maximum absolute atomic E-state index is 12.6. The van der Waals surface area contributed by atoms with Gasteiger partial charge in [0, 0.05) is 16.5 Å². The largest absolute Gasteiger partial charge is 0.463 e. The van der Waals surface area contributed by atoms with E-state index in [1.54, 1.807) is 38.1 Å². The molecule has 1 aromatic heterocycles. The Morgan fingerprint density at radius 1 is 1.33 bits per heavy atom. The highest BCUT2D eigenvalue weighted by molar-refractivity contribution is 7.99. The second-order valence-electron chi connectivity index (χ2n) is 5.69. The van der Waals surface area contributed by atoms with Crippen LogP contribution < -0.4 is 10.6 Å². The molecule has 1 aliphatic rings. The third-order valence-electron chi connectivity index (χ3n) is 3.77. The molecule has 2 amide bonds. The fraction of sp³-hybridized carbons (Fsp3) is 0.294. The van der Waals surface area contributed by atoms with Gasteiger partial charge in [0.05, 0.1) is 18.2 Å². The lowest BCUT2D eigenvalue weighted by Crippen LogP contribution is -2.46. The molecule has 27 heavy (non-hydrogen) atoms. The third-order valence-corrected chi connectivity index (χ3v) is 4.90. The summed E-state index contributed by atoms with van der Waals surface area (Å²) in [6.07, 6.45) is 0. The van der Waals surface area contributed by atoms with Crippen LogP contribution in [0.3, 0.4) is 0 Å². The van der Waals surface area contributed by atoms with Crippen LogP contribution in [0, 0.1) is 6.92 Å². The molecule has 0 fully saturated rings. The number of aryl methyl sites for hydroxylation is 1. The molecule has 3 N–H and O–H groups in total. The summed E-state index contributed by atoms with van der Waals surface area (Å²) in [6, 6.07) is 5.91. The molecule has 1 aliphatic heterocycles. The summed E-state index contributed by atoms with van der Waals surface area (Å²) < 4.78 is 5.22. The van der Waals surface area contributed by atoms with E-state index in [1.165, 1.54) is 11.8 Å². The van der Waals surface area contributed by atoms with Crippen molar-refractivity contribution in [2.24, 2.45) is 0 Å². The number of hydrogen-bond donors (Lipinski definition) is 3. The molecule has 1 atom stereocenters. The van der Waals surface area contributed by atoms with Crippen molar-refractivity contribution in [3.05, 3.63) is 51.9 Å². The number of nitrogens with one attached hydrogen (secondary N) is 3. The summed E-state index contributed by atoms with van der Waals surface area (Å²) in [5.74, 6) is 0.500. The van der Waals surface area contributed by atoms with E-state index in [1.807, 2.05) is 0 Å². The van der Waals surface area contributed by atoms with Crippen molar-refractivity contribution in [2.45, 2.75) is 25.0 Å². The molecule has 8 nitrogen and oxygen atoms in total. The van der Waals surface area contributed by atoms with Crippen LogP contribution in [0.4, 0.5) is 4.79 Å². The number of carbonyl (C=O) groups excluding carboxylic acids is 2. The first-order valence-corrected chi connectivity index (χ1v) is 9.59. The van der Waals surface area contributed by atoms with Gasteiger partial charge in [-0.3, -0.25) is 5.10 Å². The Hall–Kier alpha value is -2.52. The molecule has 1 aromatic carbocycles. The second-order valence-corrected chi connectivity index (χ2v) is 7.07. The molecule has 10 heteroatoms. The number of rotatable bonds is 6. The van der Waals surface area contributed by atoms with Gasteiger partial charge in [-0.1, -0.05) is 35.5 Å². The zero-order chi connectivity index (χ0) is 19.4. The monoisotopic (exact) mass is 407 g/mol. The number of nitrogens with zero attached hydrogens (tertiary/aromatic N) is 2. The van der Waals surface area contributed by atoms with Crippen LogP contribution in [0.5, 0.6) is 0 Å². The normalized spacial score (nSPS) is 16.7. The minimum absolute atomic E-state index is 0.226. The lowest BCUT2D eigenvalue weighted by atomic mass is 9.95. The van der Waals surface area contributed by atoms with Gasteiger partial charge >= 0.3 is 12.0 Å². The molecule has 0 bridgehead atoms. The van der Waals surface area contributed by atoms with E-state index in [9.17, 15) is 9.59 Å². The van der Waals surface area contributed by atoms with Crippen molar-refractivity contribution in [1.29, 1.82) is 0 Å². The fourth-order valence-electron chi connectivity index (χ4n) is 2.61. The Morgan fingerprint density at radius 3 is 2.70 bits per heavy atom. The number of thioether (sulfide) groups is 1. The van der Waals surface area contributed by atoms with E-state index < -0.39 is 18.0 Å². The molecule has 0 saturated carbocycles. The number of hydrogen-bond acceptors (Lipinski definition) is 6. The van der Waals surface area contributed by atoms with Gasteiger partial charge in [-0.15, -0.1) is 5.10 Å². The summed E-state index contributed by atoms with van der Waals surface area (Å²) in [7, 11) is 0. The number of amides is 2. The summed E-state index contributed by atoms with van der Waals surface area (Å²) in [4.78, 5) is 29.0. The molecule has 3 rings (SSSR count). The molecular weight excluding hydrogens is 390 g/mol. The number of benzene rings is 1. The Morgan fingerprint density at radius 2 is 2.07 bits per heavy atom. The second kappa shape index (κ2) is 8.45. The number of H-pyrrole nitrogens is 1. The van der Waals surface area contributed by atoms with Crippen molar-refractivity contribution in [2.75, 3.05) is 12.4 Å². The topological polar surface area (TPSA) is 109 Å². The van der Waals surface area contributed by atoms with E-state index in [4.69, 9.17) is 16.3 Å². The molecule has 1 unspecified atom stereocenters. The van der Waals surface area contributed by atoms with Gasteiger partial charge in [-0.05, 0) is 31.5 Å². The molecule has 0 aliphatic carbocycles. The number of ether oxygens (including phenoxy) is 1. The Kier molecular flexibility index (Phi) is 6.02. The highest BCUT2D eigenvalue weighted by Gasteiger charge is 2.33. The summed E-state index contributed by atoms with van der Waals surface area (Å²) in [5, 5.41) is 13.4. The average Bonchev–Trinajstić information content (AvgIpc) is 3.05. The predicted molar refractivity (Wildman–Crippen MR) is 101 cm³/mol. The van der Waals surface area contributed by atoms with E-state index in [2.05, 4.69) is 25.8 Å². The van der Waals surface area contributed by atoms with Crippen LogP contribution in [-0.2, 0) is 9.53 Å². The molecule has 0 radical (unpaired) electrons. The molecule has 0 spiro atoms. The fourth-order valence-corrected chi connectivity index (χ4v) is 3.55. The first-order chi connectivity index (χ1) is 13.0. The number of esters is 1. The van der Waals surface area contributed by atoms with Gasteiger partial charge < -0.3 is 15.4 Å². The van der Waals surface area contributed by atoms with Crippen LogP contribution in [0.2, 0.25) is 5.02 Å². The highest BCUT2D eigenvalue weighted by Crippen LogP contribution is 2.30. The Bertz CT molecular complexity index is 881. The predicted octanol–water partition coefficient (Wildman–Crippen LogP) is 2.73. The number of halogens is 1. The van der Waals surface area contributed by atoms with E-state index in [0.717, 1.165) is 5.56 Å². The summed E-state index contributed by atoms with van der Waals surface area (Å²) in [5.41, 5.74) is 1.54. The lowest BCUT2D eigenvalue weighted by Gasteiger charge is -2.29. The lowest BCUT2D eigenvalue weighted by molar-refractivity contribution is -0.139. The van der Waals surface area contributed by atoms with Crippen LogP contribution in [0.25, 0.3) is 0 Å². The summed E-state index contributed by atoms with van der Waals surface area (Å²) in [6.45, 7) is 3.75. The molecule has 2 heterocycles. The van der Waals surface area contributed by atoms with E-state index >= 15 is 0 Å². The minimum Gasteiger partial charge on any atom is -0.463 e. The number of aromatic nitrogens is 3. The minimum atomic E-state index is -0.639. The van der Waals surface area contributed by atoms with Crippen molar-refractivity contribution in [1.82, 2.24) is 25.8 Å². The van der Waals surface area contributed by atoms with Crippen LogP contribution in [0.15, 0.2) is 40.7 Å². The van der Waals surface area contributed by atoms with E-state index in [-0.39, 0.29) is 6.61 Å². The van der Waals surface area contributed by atoms with Crippen LogP contribution in [-0.4, -0.2) is 39.5 Å². The third kappa shape index (κ3) is 4.61. The quantitative estimate of drug-likeness (QED) is 0.501. The van der Waals surface area contributed by atoms with E-state index in [0.29, 0.717) is 33.0 Å². The SMILES string of the molecule is CCOC(=O)C1=C(CSc2n[nH]c(C)n2)NC(=O)NC1c1ccc(Cl)cc1. The Balaban J connectivity index is 1.96. The number of aromatic amines is 1. The van der Waals surface area contributed by atoms with Gasteiger partial charge in [0.25, 0.3) is 0 Å². The standard InChI is InChI=1S/C17H18ClN5O3S/c1-3-26-15(24)13-12(8-27-17-19-9(2)22-23-17)20-16(25)21-14(13)10-4-6-11(18)7-5-10/h4-7,14H,3,8H2,1-2H3,(H,19,22,23)(H2,20,21,25). The summed E-state index contributed by atoms with van der Waals surface area (Å²) >= 11 is 7.26. The molecule has 2 aromatic rings. The van der Waals surface area contributed by atoms with Gasteiger partial charge in [0.1, 0.15) is 5.82 Å². The van der Waals surface area contributed by atoms with Gasteiger partial charge in [0.15, 0.2) is 0 Å². The van der Waals surface area contributed by atoms with Crippen molar-refractivity contribution in [3.8, 4) is 0 Å². The Labute approximate surface area is 165 Å². The van der Waals surface area contributed by atoms with Crippen LogP contribution in [0.1, 0.15) is 24.4 Å². The molecular formula is C17H18ClN5O3S. The maximum Gasteiger partial charge on any atom is 0.338 e. The smallest absolute Gasteiger partial charge is 0.338 e. The highest BCUT2D eigenvalue weighted by atomic mass is 35.5. The zero-order valence-electron chi connectivity index (χ0n) is 14.7. The van der Waals surface area contributed by atoms with Gasteiger partial charge in [-0.2, -0.15) is 0 Å². The van der Waals surface area contributed by atoms with Crippen molar-refractivity contribution >= 4 is 35.4 Å². The van der Waals surface area contributed by atoms with Gasteiger partial charge in [-0.25, -0.2) is 14.6 Å². The maximum atomic E-state index is 12.6. The zero-order valence-corrected chi connectivity index (χ0v) is 16.3. The average molecular weight is 408 g/mol. The van der Waals surface area contributed by atoms with Gasteiger partial charge in [0.2, 0.25) is 5.16 Å². The molecule has 0 saturated heterocycles. The first kappa shape index (κ1) is 19.2. The van der Waals surface area contributed by atoms with Crippen molar-refractivity contribution in [3.63, 3.8) is 0 Å². The van der Waals surface area contributed by atoms with Crippen LogP contribution >= 0.6 is 23.4 Å². The first-order valence-electron chi connectivity index (χ1n) is 8.23.